The summed E-state index contributed by atoms with van der Waals surface area (Å²) in [5.41, 5.74) is 0.821. The monoisotopic (exact) mass is 340 g/mol. The molecule has 0 saturated carbocycles. The van der Waals surface area contributed by atoms with Crippen molar-refractivity contribution in [2.24, 2.45) is 0 Å². The molecule has 1 N–H and O–H groups in total. The summed E-state index contributed by atoms with van der Waals surface area (Å²) in [4.78, 5) is 14.3. The topological polar surface area (TPSA) is 75.7 Å². The first-order chi connectivity index (χ1) is 10.9. The third kappa shape index (κ3) is 4.37. The second-order valence-electron chi connectivity index (χ2n) is 5.78. The van der Waals surface area contributed by atoms with E-state index < -0.39 is 15.9 Å². The lowest BCUT2D eigenvalue weighted by Gasteiger charge is -2.30. The summed E-state index contributed by atoms with van der Waals surface area (Å²) in [5.74, 6) is 0.912. The van der Waals surface area contributed by atoms with Gasteiger partial charge >= 0.3 is 0 Å². The van der Waals surface area contributed by atoms with E-state index in [1.165, 1.54) is 0 Å². The zero-order chi connectivity index (χ0) is 17.0. The summed E-state index contributed by atoms with van der Waals surface area (Å²) in [7, 11) is -1.40. The standard InChI is InChI=1S/C16H24N2O4S/c1-4-18(14-9-10-23(20,21)11-14)16(19)12(2)17-13-5-7-15(22-3)8-6-13/h5-8,12,14,17H,4,9-11H2,1-3H3/t12-,14+/m0/s1. The lowest BCUT2D eigenvalue weighted by Crippen LogP contribution is -2.47. The van der Waals surface area contributed by atoms with Crippen LogP contribution in [0.25, 0.3) is 0 Å². The molecule has 128 valence electrons. The van der Waals surface area contributed by atoms with Gasteiger partial charge in [0, 0.05) is 18.3 Å². The van der Waals surface area contributed by atoms with E-state index in [1.54, 1.807) is 18.9 Å². The first-order valence-electron chi connectivity index (χ1n) is 7.77. The van der Waals surface area contributed by atoms with Crippen molar-refractivity contribution >= 4 is 21.4 Å². The zero-order valence-corrected chi connectivity index (χ0v) is 14.6. The lowest BCUT2D eigenvalue weighted by molar-refractivity contribution is -0.133. The molecule has 0 radical (unpaired) electrons. The van der Waals surface area contributed by atoms with Crippen LogP contribution in [0.15, 0.2) is 24.3 Å². The van der Waals surface area contributed by atoms with Crippen molar-refractivity contribution < 1.29 is 17.9 Å². The Hall–Kier alpha value is -1.76. The average molecular weight is 340 g/mol. The van der Waals surface area contributed by atoms with Crippen LogP contribution < -0.4 is 10.1 Å². The number of hydrogen-bond acceptors (Lipinski definition) is 5. The Labute approximate surface area is 137 Å². The number of likely N-dealkylation sites (N-methyl/N-ethyl adjacent to an activating group) is 1. The fourth-order valence-electron chi connectivity index (χ4n) is 2.86. The van der Waals surface area contributed by atoms with Crippen molar-refractivity contribution in [1.29, 1.82) is 0 Å². The molecule has 0 aromatic heterocycles. The minimum Gasteiger partial charge on any atom is -0.497 e. The van der Waals surface area contributed by atoms with Gasteiger partial charge in [-0.05, 0) is 44.5 Å². The third-order valence-electron chi connectivity index (χ3n) is 4.12. The molecule has 23 heavy (non-hydrogen) atoms. The molecule has 1 heterocycles. The molecule has 0 unspecified atom stereocenters. The maximum atomic E-state index is 12.6. The average Bonchev–Trinajstić information content (AvgIpc) is 2.88. The normalized spacial score (nSPS) is 20.7. The molecular formula is C16H24N2O4S. The number of rotatable bonds is 6. The van der Waals surface area contributed by atoms with Crippen molar-refractivity contribution in [3.05, 3.63) is 24.3 Å². The molecule has 7 heteroatoms. The molecule has 0 aliphatic carbocycles. The van der Waals surface area contributed by atoms with E-state index in [1.807, 2.05) is 31.2 Å². The van der Waals surface area contributed by atoms with Crippen LogP contribution in [-0.2, 0) is 14.6 Å². The smallest absolute Gasteiger partial charge is 0.245 e. The number of amides is 1. The number of methoxy groups -OCH3 is 1. The van der Waals surface area contributed by atoms with Crippen LogP contribution in [0.4, 0.5) is 5.69 Å². The van der Waals surface area contributed by atoms with Gasteiger partial charge in [-0.15, -0.1) is 0 Å². The van der Waals surface area contributed by atoms with Gasteiger partial charge in [0.1, 0.15) is 11.8 Å². The largest absolute Gasteiger partial charge is 0.497 e. The molecule has 1 aliphatic heterocycles. The maximum absolute atomic E-state index is 12.6. The van der Waals surface area contributed by atoms with E-state index in [4.69, 9.17) is 4.74 Å². The highest BCUT2D eigenvalue weighted by atomic mass is 32.2. The van der Waals surface area contributed by atoms with Gasteiger partial charge in [-0.1, -0.05) is 0 Å². The first-order valence-corrected chi connectivity index (χ1v) is 9.60. The molecular weight excluding hydrogens is 316 g/mol. The Bertz CT molecular complexity index is 643. The van der Waals surface area contributed by atoms with Crippen LogP contribution in [0.2, 0.25) is 0 Å². The number of nitrogens with zero attached hydrogens (tertiary/aromatic N) is 1. The molecule has 0 bridgehead atoms. The highest BCUT2D eigenvalue weighted by Crippen LogP contribution is 2.20. The Morgan fingerprint density at radius 2 is 2.04 bits per heavy atom. The number of carbonyl (C=O) groups is 1. The number of anilines is 1. The van der Waals surface area contributed by atoms with Crippen molar-refractivity contribution in [2.45, 2.75) is 32.4 Å². The SMILES string of the molecule is CCN(C(=O)[C@H](C)Nc1ccc(OC)cc1)[C@@H]1CCS(=O)(=O)C1. The van der Waals surface area contributed by atoms with Crippen LogP contribution in [0, 0.1) is 0 Å². The van der Waals surface area contributed by atoms with Crippen LogP contribution in [0.5, 0.6) is 5.75 Å². The fourth-order valence-corrected chi connectivity index (χ4v) is 4.59. The van der Waals surface area contributed by atoms with Gasteiger partial charge in [-0.3, -0.25) is 4.79 Å². The maximum Gasteiger partial charge on any atom is 0.245 e. The minimum atomic E-state index is -3.00. The third-order valence-corrected chi connectivity index (χ3v) is 5.87. The summed E-state index contributed by atoms with van der Waals surface area (Å²) < 4.78 is 28.4. The minimum absolute atomic E-state index is 0.0713. The van der Waals surface area contributed by atoms with Gasteiger partial charge in [0.2, 0.25) is 5.91 Å². The second kappa shape index (κ2) is 7.21. The molecule has 0 spiro atoms. The Balaban J connectivity index is 2.01. The molecule has 2 atom stereocenters. The van der Waals surface area contributed by atoms with Crippen molar-refractivity contribution in [1.82, 2.24) is 4.90 Å². The Kier molecular flexibility index (Phi) is 5.51. The quantitative estimate of drug-likeness (QED) is 0.850. The van der Waals surface area contributed by atoms with E-state index >= 15 is 0 Å². The van der Waals surface area contributed by atoms with Gasteiger partial charge in [0.25, 0.3) is 0 Å². The first kappa shape index (κ1) is 17.6. The molecule has 1 fully saturated rings. The van der Waals surface area contributed by atoms with E-state index in [0.29, 0.717) is 13.0 Å². The number of carbonyl (C=O) groups excluding carboxylic acids is 1. The zero-order valence-electron chi connectivity index (χ0n) is 13.8. The van der Waals surface area contributed by atoms with Crippen LogP contribution in [0.3, 0.4) is 0 Å². The van der Waals surface area contributed by atoms with E-state index in [0.717, 1.165) is 11.4 Å². The number of benzene rings is 1. The molecule has 6 nitrogen and oxygen atoms in total. The number of nitrogens with one attached hydrogen (secondary N) is 1. The second-order valence-corrected chi connectivity index (χ2v) is 8.00. The molecule has 1 aliphatic rings. The highest BCUT2D eigenvalue weighted by Gasteiger charge is 2.35. The van der Waals surface area contributed by atoms with E-state index in [2.05, 4.69) is 5.32 Å². The van der Waals surface area contributed by atoms with Gasteiger partial charge in [-0.25, -0.2) is 8.42 Å². The van der Waals surface area contributed by atoms with Crippen LogP contribution in [-0.4, -0.2) is 56.5 Å². The van der Waals surface area contributed by atoms with Gasteiger partial charge in [0.05, 0.1) is 18.6 Å². The molecule has 1 saturated heterocycles. The number of sulfone groups is 1. The van der Waals surface area contributed by atoms with Gasteiger partial charge in [0.15, 0.2) is 9.84 Å². The molecule has 1 aromatic rings. The van der Waals surface area contributed by atoms with Crippen molar-refractivity contribution in [2.75, 3.05) is 30.5 Å². The summed E-state index contributed by atoms with van der Waals surface area (Å²) in [6, 6.07) is 6.70. The predicted octanol–water partition coefficient (Wildman–Crippen LogP) is 1.53. The Morgan fingerprint density at radius 1 is 1.39 bits per heavy atom. The molecule has 1 amide bonds. The number of ether oxygens (including phenoxy) is 1. The summed E-state index contributed by atoms with van der Waals surface area (Å²) in [6.07, 6.45) is 0.525. The van der Waals surface area contributed by atoms with Crippen molar-refractivity contribution in [3.8, 4) is 5.75 Å². The van der Waals surface area contributed by atoms with Crippen molar-refractivity contribution in [3.63, 3.8) is 0 Å². The van der Waals surface area contributed by atoms with E-state index in [9.17, 15) is 13.2 Å². The van der Waals surface area contributed by atoms with Gasteiger partial charge < -0.3 is 15.0 Å². The summed E-state index contributed by atoms with van der Waals surface area (Å²) in [5, 5.41) is 3.16. The van der Waals surface area contributed by atoms with E-state index in [-0.39, 0.29) is 23.5 Å². The highest BCUT2D eigenvalue weighted by molar-refractivity contribution is 7.91. The fraction of sp³-hybridized carbons (Fsp3) is 0.562. The molecule has 2 rings (SSSR count). The van der Waals surface area contributed by atoms with Crippen LogP contribution in [0.1, 0.15) is 20.3 Å². The summed E-state index contributed by atoms with van der Waals surface area (Å²) in [6.45, 7) is 4.18. The predicted molar refractivity (Wildman–Crippen MR) is 90.5 cm³/mol. The van der Waals surface area contributed by atoms with Crippen LogP contribution >= 0.6 is 0 Å². The Morgan fingerprint density at radius 3 is 2.52 bits per heavy atom. The van der Waals surface area contributed by atoms with Gasteiger partial charge in [-0.2, -0.15) is 0 Å². The number of hydrogen-bond donors (Lipinski definition) is 1. The lowest BCUT2D eigenvalue weighted by atomic mass is 10.1. The summed E-state index contributed by atoms with van der Waals surface area (Å²) >= 11 is 0. The molecule has 1 aromatic carbocycles.